The van der Waals surface area contributed by atoms with Crippen molar-refractivity contribution in [2.75, 3.05) is 0 Å². The molecular formula is C16H14FN3O. The normalized spacial score (nSPS) is 10.7. The van der Waals surface area contributed by atoms with Gasteiger partial charge in [0, 0.05) is 36.0 Å². The first-order valence-corrected chi connectivity index (χ1v) is 6.63. The van der Waals surface area contributed by atoms with Gasteiger partial charge < -0.3 is 10.3 Å². The minimum atomic E-state index is -0.305. The fraction of sp³-hybridized carbons (Fsp3) is 0.125. The van der Waals surface area contributed by atoms with Crippen LogP contribution in [0.5, 0.6) is 0 Å². The van der Waals surface area contributed by atoms with Gasteiger partial charge in [-0.3, -0.25) is 9.78 Å². The van der Waals surface area contributed by atoms with Crippen molar-refractivity contribution in [2.24, 2.45) is 0 Å². The first-order chi connectivity index (χ1) is 10.2. The molecule has 21 heavy (non-hydrogen) atoms. The van der Waals surface area contributed by atoms with E-state index in [4.69, 9.17) is 0 Å². The molecule has 0 fully saturated rings. The van der Waals surface area contributed by atoms with Crippen LogP contribution in [0.25, 0.3) is 10.9 Å². The van der Waals surface area contributed by atoms with Crippen molar-refractivity contribution < 1.29 is 9.18 Å². The highest BCUT2D eigenvalue weighted by Crippen LogP contribution is 2.19. The number of aromatic amines is 1. The maximum absolute atomic E-state index is 13.3. The molecule has 2 aromatic heterocycles. The van der Waals surface area contributed by atoms with E-state index in [2.05, 4.69) is 15.3 Å². The van der Waals surface area contributed by atoms with E-state index >= 15 is 0 Å². The van der Waals surface area contributed by atoms with Crippen molar-refractivity contribution in [1.29, 1.82) is 0 Å². The van der Waals surface area contributed by atoms with E-state index in [1.54, 1.807) is 24.7 Å². The van der Waals surface area contributed by atoms with Gasteiger partial charge in [0.25, 0.3) is 0 Å². The number of carbonyl (C=O) groups excluding carboxylic acids is 1. The molecule has 3 aromatic rings. The number of nitrogens with one attached hydrogen (secondary N) is 2. The number of fused-ring (bicyclic) bond motifs is 1. The lowest BCUT2D eigenvalue weighted by molar-refractivity contribution is -0.120. The van der Waals surface area contributed by atoms with Crippen LogP contribution in [0.15, 0.2) is 48.9 Å². The molecule has 0 saturated carbocycles. The summed E-state index contributed by atoms with van der Waals surface area (Å²) in [6.45, 7) is 0.456. The molecule has 0 aliphatic carbocycles. The van der Waals surface area contributed by atoms with Crippen molar-refractivity contribution in [3.63, 3.8) is 0 Å². The van der Waals surface area contributed by atoms with Crippen LogP contribution in [-0.4, -0.2) is 15.9 Å². The van der Waals surface area contributed by atoms with E-state index in [9.17, 15) is 9.18 Å². The van der Waals surface area contributed by atoms with E-state index in [0.29, 0.717) is 6.54 Å². The second kappa shape index (κ2) is 5.75. The fourth-order valence-electron chi connectivity index (χ4n) is 2.23. The number of pyridine rings is 1. The van der Waals surface area contributed by atoms with Gasteiger partial charge in [-0.15, -0.1) is 0 Å². The lowest BCUT2D eigenvalue weighted by Gasteiger charge is -2.04. The van der Waals surface area contributed by atoms with Crippen LogP contribution in [0, 0.1) is 5.82 Å². The molecule has 0 bridgehead atoms. The van der Waals surface area contributed by atoms with Crippen LogP contribution in [0.4, 0.5) is 4.39 Å². The molecule has 2 N–H and O–H groups in total. The zero-order chi connectivity index (χ0) is 14.7. The number of nitrogens with zero attached hydrogens (tertiary/aromatic N) is 1. The van der Waals surface area contributed by atoms with Gasteiger partial charge in [0.05, 0.1) is 6.42 Å². The number of hydrogen-bond acceptors (Lipinski definition) is 2. The fourth-order valence-corrected chi connectivity index (χ4v) is 2.23. The number of amides is 1. The Morgan fingerprint density at radius 3 is 2.86 bits per heavy atom. The molecule has 106 valence electrons. The monoisotopic (exact) mass is 283 g/mol. The Balaban J connectivity index is 1.67. The zero-order valence-corrected chi connectivity index (χ0v) is 11.3. The number of carbonyl (C=O) groups is 1. The Morgan fingerprint density at radius 1 is 1.24 bits per heavy atom. The van der Waals surface area contributed by atoms with E-state index in [-0.39, 0.29) is 18.1 Å². The summed E-state index contributed by atoms with van der Waals surface area (Å²) in [5, 5.41) is 3.59. The number of rotatable bonds is 4. The maximum Gasteiger partial charge on any atom is 0.224 e. The minimum absolute atomic E-state index is 0.100. The molecule has 5 heteroatoms. The molecular weight excluding hydrogens is 269 g/mol. The van der Waals surface area contributed by atoms with E-state index < -0.39 is 0 Å². The molecule has 0 spiro atoms. The third kappa shape index (κ3) is 3.08. The largest absolute Gasteiger partial charge is 0.361 e. The molecule has 0 saturated heterocycles. The van der Waals surface area contributed by atoms with Crippen molar-refractivity contribution in [3.05, 3.63) is 65.9 Å². The highest BCUT2D eigenvalue weighted by molar-refractivity contribution is 5.88. The van der Waals surface area contributed by atoms with Crippen molar-refractivity contribution in [3.8, 4) is 0 Å². The van der Waals surface area contributed by atoms with Gasteiger partial charge in [-0.05, 0) is 41.5 Å². The molecule has 0 aliphatic heterocycles. The average Bonchev–Trinajstić information content (AvgIpc) is 2.88. The van der Waals surface area contributed by atoms with Crippen LogP contribution in [-0.2, 0) is 17.8 Å². The van der Waals surface area contributed by atoms with Gasteiger partial charge in [0.1, 0.15) is 5.82 Å². The van der Waals surface area contributed by atoms with Crippen LogP contribution in [0.2, 0.25) is 0 Å². The van der Waals surface area contributed by atoms with E-state index in [1.165, 1.54) is 12.1 Å². The smallest absolute Gasteiger partial charge is 0.224 e. The third-order valence-electron chi connectivity index (χ3n) is 3.32. The highest BCUT2D eigenvalue weighted by Gasteiger charge is 2.09. The van der Waals surface area contributed by atoms with E-state index in [0.717, 1.165) is 22.0 Å². The number of H-pyrrole nitrogens is 1. The Bertz CT molecular complexity index is 768. The summed E-state index contributed by atoms with van der Waals surface area (Å²) >= 11 is 0. The molecule has 0 unspecified atom stereocenters. The number of hydrogen-bond donors (Lipinski definition) is 2. The van der Waals surface area contributed by atoms with Crippen LogP contribution < -0.4 is 5.32 Å². The summed E-state index contributed by atoms with van der Waals surface area (Å²) in [7, 11) is 0. The quantitative estimate of drug-likeness (QED) is 0.773. The SMILES string of the molecule is O=C(Cc1c[nH]c2ccc(F)cc12)NCc1ccncc1. The third-order valence-corrected chi connectivity index (χ3v) is 3.32. The van der Waals surface area contributed by atoms with Crippen molar-refractivity contribution in [1.82, 2.24) is 15.3 Å². The standard InChI is InChI=1S/C16H14FN3O/c17-13-1-2-15-14(8-13)12(10-19-15)7-16(21)20-9-11-3-5-18-6-4-11/h1-6,8,10,19H,7,9H2,(H,20,21). The summed E-state index contributed by atoms with van der Waals surface area (Å²) in [5.41, 5.74) is 2.60. The first-order valence-electron chi connectivity index (χ1n) is 6.63. The lowest BCUT2D eigenvalue weighted by Crippen LogP contribution is -2.24. The van der Waals surface area contributed by atoms with Crippen LogP contribution >= 0.6 is 0 Å². The van der Waals surface area contributed by atoms with Crippen molar-refractivity contribution >= 4 is 16.8 Å². The predicted molar refractivity (Wildman–Crippen MR) is 78.0 cm³/mol. The molecule has 0 radical (unpaired) electrons. The number of halogens is 1. The second-order valence-corrected chi connectivity index (χ2v) is 4.81. The minimum Gasteiger partial charge on any atom is -0.361 e. The predicted octanol–water partition coefficient (Wildman–Crippen LogP) is 2.56. The molecule has 1 amide bonds. The number of benzene rings is 1. The Labute approximate surface area is 121 Å². The molecule has 3 rings (SSSR count). The van der Waals surface area contributed by atoms with Gasteiger partial charge in [-0.25, -0.2) is 4.39 Å². The summed E-state index contributed by atoms with van der Waals surface area (Å²) in [6, 6.07) is 8.20. The topological polar surface area (TPSA) is 57.8 Å². The first kappa shape index (κ1) is 13.3. The van der Waals surface area contributed by atoms with Crippen LogP contribution in [0.3, 0.4) is 0 Å². The van der Waals surface area contributed by atoms with Crippen LogP contribution in [0.1, 0.15) is 11.1 Å². The lowest BCUT2D eigenvalue weighted by atomic mass is 10.1. The summed E-state index contributed by atoms with van der Waals surface area (Å²) in [5.74, 6) is -0.405. The summed E-state index contributed by atoms with van der Waals surface area (Å²) in [6.07, 6.45) is 5.33. The second-order valence-electron chi connectivity index (χ2n) is 4.81. The maximum atomic E-state index is 13.3. The van der Waals surface area contributed by atoms with Gasteiger partial charge in [-0.2, -0.15) is 0 Å². The molecule has 4 nitrogen and oxygen atoms in total. The highest BCUT2D eigenvalue weighted by atomic mass is 19.1. The zero-order valence-electron chi connectivity index (χ0n) is 11.3. The van der Waals surface area contributed by atoms with Gasteiger partial charge in [-0.1, -0.05) is 0 Å². The summed E-state index contributed by atoms with van der Waals surface area (Å²) in [4.78, 5) is 18.9. The van der Waals surface area contributed by atoms with Crippen molar-refractivity contribution in [2.45, 2.75) is 13.0 Å². The molecule has 1 aromatic carbocycles. The number of aromatic nitrogens is 2. The Morgan fingerprint density at radius 2 is 2.05 bits per heavy atom. The van der Waals surface area contributed by atoms with Gasteiger partial charge in [0.2, 0.25) is 5.91 Å². The van der Waals surface area contributed by atoms with Gasteiger partial charge in [0.15, 0.2) is 0 Å². The Kier molecular flexibility index (Phi) is 3.64. The molecule has 0 atom stereocenters. The van der Waals surface area contributed by atoms with E-state index in [1.807, 2.05) is 12.1 Å². The molecule has 2 heterocycles. The Hall–Kier alpha value is -2.69. The summed E-state index contributed by atoms with van der Waals surface area (Å²) < 4.78 is 13.3. The molecule has 0 aliphatic rings. The average molecular weight is 283 g/mol. The van der Waals surface area contributed by atoms with Gasteiger partial charge >= 0.3 is 0 Å².